The molecule has 39 heavy (non-hydrogen) atoms. The van der Waals surface area contributed by atoms with Crippen LogP contribution in [0.1, 0.15) is 22.7 Å². The Labute approximate surface area is 232 Å². The first-order valence-corrected chi connectivity index (χ1v) is 15.5. The molecule has 1 N–H and O–H groups in total. The first-order chi connectivity index (χ1) is 19.1. The second-order valence-corrected chi connectivity index (χ2v) is 13.6. The predicted molar refractivity (Wildman–Crippen MR) is 165 cm³/mol. The van der Waals surface area contributed by atoms with Crippen molar-refractivity contribution in [2.24, 2.45) is 0 Å². The zero-order valence-corrected chi connectivity index (χ0v) is 23.2. The van der Waals surface area contributed by atoms with Crippen molar-refractivity contribution in [3.05, 3.63) is 174 Å². The Kier molecular flexibility index (Phi) is 8.30. The highest BCUT2D eigenvalue weighted by Crippen LogP contribution is 2.19. The van der Waals surface area contributed by atoms with E-state index in [0.29, 0.717) is 0 Å². The van der Waals surface area contributed by atoms with E-state index in [1.807, 2.05) is 36.4 Å². The van der Waals surface area contributed by atoms with E-state index in [1.165, 1.54) is 26.7 Å². The lowest BCUT2D eigenvalue weighted by Crippen LogP contribution is -2.66. The monoisotopic (exact) mass is 523 g/mol. The standard InChI is InChI=1S/C36H33NOSi/c1-29-22-24-30(25-23-29)28-35(31-14-6-2-7-15-31)37-36(38)26-27-39(32-16-8-3-9-17-32,33-18-10-4-11-19-33)34-20-12-5-13-21-34/h2-27,35H,28H2,1H3,(H,37,38). The molecule has 1 unspecified atom stereocenters. The fraction of sp³-hybridized carbons (Fsp3) is 0.0833. The van der Waals surface area contributed by atoms with Gasteiger partial charge in [-0.3, -0.25) is 4.79 Å². The van der Waals surface area contributed by atoms with Crippen LogP contribution in [0.25, 0.3) is 0 Å². The highest BCUT2D eigenvalue weighted by atomic mass is 28.3. The van der Waals surface area contributed by atoms with Crippen LogP contribution in [0.4, 0.5) is 0 Å². The van der Waals surface area contributed by atoms with Crippen LogP contribution in [0.5, 0.6) is 0 Å². The van der Waals surface area contributed by atoms with Gasteiger partial charge in [-0.05, 0) is 46.1 Å². The minimum Gasteiger partial charge on any atom is -0.345 e. The normalized spacial score (nSPS) is 12.2. The summed E-state index contributed by atoms with van der Waals surface area (Å²) < 4.78 is 0. The Bertz CT molecular complexity index is 1400. The number of nitrogens with one attached hydrogen (secondary N) is 1. The lowest BCUT2D eigenvalue weighted by Gasteiger charge is -2.30. The number of hydrogen-bond acceptors (Lipinski definition) is 1. The van der Waals surface area contributed by atoms with E-state index in [4.69, 9.17) is 0 Å². The summed E-state index contributed by atoms with van der Waals surface area (Å²) in [4.78, 5) is 13.6. The molecule has 5 aromatic rings. The van der Waals surface area contributed by atoms with E-state index in [0.717, 1.165) is 12.0 Å². The van der Waals surface area contributed by atoms with Gasteiger partial charge < -0.3 is 5.32 Å². The summed E-state index contributed by atoms with van der Waals surface area (Å²) >= 11 is 0. The van der Waals surface area contributed by atoms with Crippen molar-refractivity contribution in [3.63, 3.8) is 0 Å². The first-order valence-electron chi connectivity index (χ1n) is 13.4. The van der Waals surface area contributed by atoms with Crippen LogP contribution >= 0.6 is 0 Å². The molecule has 5 rings (SSSR count). The number of carbonyl (C=O) groups is 1. The molecule has 0 saturated heterocycles. The Morgan fingerprint density at radius 2 is 1.08 bits per heavy atom. The lowest BCUT2D eigenvalue weighted by molar-refractivity contribution is -0.117. The minimum absolute atomic E-state index is 0.0874. The number of amides is 1. The number of aryl methyl sites for hydroxylation is 1. The van der Waals surface area contributed by atoms with Crippen LogP contribution in [0.3, 0.4) is 0 Å². The van der Waals surface area contributed by atoms with Gasteiger partial charge in [-0.25, -0.2) is 0 Å². The molecule has 0 radical (unpaired) electrons. The van der Waals surface area contributed by atoms with Gasteiger partial charge in [-0.1, -0.05) is 157 Å². The van der Waals surface area contributed by atoms with E-state index in [1.54, 1.807) is 6.08 Å². The van der Waals surface area contributed by atoms with Crippen molar-refractivity contribution in [2.45, 2.75) is 19.4 Å². The van der Waals surface area contributed by atoms with Crippen molar-refractivity contribution < 1.29 is 4.79 Å². The highest BCUT2D eigenvalue weighted by Gasteiger charge is 2.37. The summed E-state index contributed by atoms with van der Waals surface area (Å²) in [5.41, 5.74) is 5.71. The first kappa shape index (κ1) is 26.1. The summed E-state index contributed by atoms with van der Waals surface area (Å²) in [7, 11) is -2.64. The summed E-state index contributed by atoms with van der Waals surface area (Å²) in [6.07, 6.45) is 2.49. The number of hydrogen-bond donors (Lipinski definition) is 1. The Morgan fingerprint density at radius 1 is 0.641 bits per heavy atom. The fourth-order valence-electron chi connectivity index (χ4n) is 5.21. The summed E-state index contributed by atoms with van der Waals surface area (Å²) in [5, 5.41) is 7.04. The van der Waals surface area contributed by atoms with E-state index in [9.17, 15) is 4.79 Å². The van der Waals surface area contributed by atoms with E-state index in [-0.39, 0.29) is 11.9 Å². The summed E-state index contributed by atoms with van der Waals surface area (Å²) in [6.45, 7) is 2.09. The van der Waals surface area contributed by atoms with Gasteiger partial charge in [0.15, 0.2) is 8.07 Å². The molecule has 0 heterocycles. The van der Waals surface area contributed by atoms with E-state index < -0.39 is 8.07 Å². The second-order valence-electron chi connectivity index (χ2n) is 9.90. The Hall–Kier alpha value is -4.47. The molecule has 0 aromatic heterocycles. The molecule has 0 fully saturated rings. The third-order valence-electron chi connectivity index (χ3n) is 7.25. The third kappa shape index (κ3) is 6.16. The molecule has 0 aliphatic rings. The van der Waals surface area contributed by atoms with Gasteiger partial charge in [0.1, 0.15) is 0 Å². The van der Waals surface area contributed by atoms with Gasteiger partial charge in [-0.15, -0.1) is 0 Å². The quantitative estimate of drug-likeness (QED) is 0.151. The fourth-order valence-corrected chi connectivity index (χ4v) is 9.34. The zero-order chi connectivity index (χ0) is 26.9. The van der Waals surface area contributed by atoms with Crippen LogP contribution in [0.2, 0.25) is 0 Å². The molecule has 5 aromatic carbocycles. The molecule has 0 spiro atoms. The largest absolute Gasteiger partial charge is 0.345 e. The molecule has 2 nitrogen and oxygen atoms in total. The third-order valence-corrected chi connectivity index (χ3v) is 11.6. The van der Waals surface area contributed by atoms with Gasteiger partial charge in [-0.2, -0.15) is 0 Å². The lowest BCUT2D eigenvalue weighted by atomic mass is 9.98. The highest BCUT2D eigenvalue weighted by molar-refractivity contribution is 7.14. The number of carbonyl (C=O) groups excluding carboxylic acids is 1. The molecule has 3 heteroatoms. The van der Waals surface area contributed by atoms with Gasteiger partial charge >= 0.3 is 0 Å². The van der Waals surface area contributed by atoms with Crippen molar-refractivity contribution in [1.82, 2.24) is 5.32 Å². The summed E-state index contributed by atoms with van der Waals surface area (Å²) in [5.74, 6) is -0.0874. The topological polar surface area (TPSA) is 29.1 Å². The molecule has 0 bridgehead atoms. The molecule has 1 atom stereocenters. The van der Waals surface area contributed by atoms with Gasteiger partial charge in [0, 0.05) is 0 Å². The van der Waals surface area contributed by atoms with Gasteiger partial charge in [0.2, 0.25) is 5.91 Å². The molecule has 1 amide bonds. The average Bonchev–Trinajstić information content (AvgIpc) is 3.00. The van der Waals surface area contributed by atoms with Crippen molar-refractivity contribution in [3.8, 4) is 0 Å². The van der Waals surface area contributed by atoms with Crippen LogP contribution < -0.4 is 20.9 Å². The molecule has 0 aliphatic heterocycles. The van der Waals surface area contributed by atoms with E-state index >= 15 is 0 Å². The molecule has 0 aliphatic carbocycles. The molecular weight excluding hydrogens is 490 g/mol. The maximum atomic E-state index is 13.6. The predicted octanol–water partition coefficient (Wildman–Crippen LogP) is 5.66. The maximum absolute atomic E-state index is 13.6. The van der Waals surface area contributed by atoms with Crippen molar-refractivity contribution in [2.75, 3.05) is 0 Å². The smallest absolute Gasteiger partial charge is 0.243 e. The second kappa shape index (κ2) is 12.4. The van der Waals surface area contributed by atoms with Crippen molar-refractivity contribution in [1.29, 1.82) is 0 Å². The van der Waals surface area contributed by atoms with Crippen LogP contribution in [0, 0.1) is 6.92 Å². The number of benzene rings is 5. The molecule has 0 saturated carbocycles. The van der Waals surface area contributed by atoms with E-state index in [2.05, 4.69) is 127 Å². The van der Waals surface area contributed by atoms with Crippen molar-refractivity contribution >= 4 is 29.5 Å². The Morgan fingerprint density at radius 3 is 1.54 bits per heavy atom. The van der Waals surface area contributed by atoms with Gasteiger partial charge in [0.05, 0.1) is 6.04 Å². The molecule has 192 valence electrons. The maximum Gasteiger partial charge on any atom is 0.243 e. The molecular formula is C36H33NOSi. The number of rotatable bonds is 9. The SMILES string of the molecule is Cc1ccc(CC(NC(=O)C=C[Si](c2ccccc2)(c2ccccc2)c2ccccc2)c2ccccc2)cc1. The van der Waals surface area contributed by atoms with Crippen LogP contribution in [-0.2, 0) is 11.2 Å². The summed E-state index contributed by atoms with van der Waals surface area (Å²) in [6, 6.07) is 50.4. The minimum atomic E-state index is -2.64. The van der Waals surface area contributed by atoms with Crippen LogP contribution in [-0.4, -0.2) is 14.0 Å². The van der Waals surface area contributed by atoms with Gasteiger partial charge in [0.25, 0.3) is 0 Å². The average molecular weight is 524 g/mol. The Balaban J connectivity index is 1.52. The van der Waals surface area contributed by atoms with Crippen LogP contribution in [0.15, 0.2) is 157 Å². The zero-order valence-electron chi connectivity index (χ0n) is 22.2.